The molecule has 29 heavy (non-hydrogen) atoms. The zero-order chi connectivity index (χ0) is 21.1. The molecule has 2 atom stereocenters. The minimum atomic E-state index is -0.729. The predicted molar refractivity (Wildman–Crippen MR) is 109 cm³/mol. The van der Waals surface area contributed by atoms with Crippen LogP contribution >= 0.6 is 23.2 Å². The second-order valence-corrected chi connectivity index (χ2v) is 7.42. The molecule has 8 nitrogen and oxygen atoms in total. The van der Waals surface area contributed by atoms with Gasteiger partial charge < -0.3 is 10.4 Å². The minimum absolute atomic E-state index is 0.204. The molecule has 0 aliphatic carbocycles. The smallest absolute Gasteiger partial charge is 0.272 e. The van der Waals surface area contributed by atoms with Crippen molar-refractivity contribution in [1.82, 2.24) is 25.3 Å². The van der Waals surface area contributed by atoms with Crippen LogP contribution in [0.2, 0.25) is 10.0 Å². The first kappa shape index (κ1) is 20.9. The molecular formula is C19H18Cl2N6O2. The number of nitriles is 1. The Balaban J connectivity index is 1.66. The maximum atomic E-state index is 12.3. The molecule has 2 heterocycles. The number of halogens is 2. The van der Waals surface area contributed by atoms with Crippen LogP contribution in [-0.2, 0) is 6.54 Å². The average Bonchev–Trinajstić information content (AvgIpc) is 3.31. The van der Waals surface area contributed by atoms with Crippen LogP contribution in [0.5, 0.6) is 0 Å². The molecule has 0 aliphatic rings. The number of aromatic amines is 1. The second kappa shape index (κ2) is 8.66. The molecule has 1 amide bonds. The number of carbonyl (C=O) groups is 1. The third-order valence-corrected chi connectivity index (χ3v) is 4.81. The first-order valence-electron chi connectivity index (χ1n) is 8.75. The number of rotatable bonds is 6. The van der Waals surface area contributed by atoms with Gasteiger partial charge in [0.25, 0.3) is 5.91 Å². The van der Waals surface area contributed by atoms with Crippen LogP contribution in [0.4, 0.5) is 0 Å². The molecule has 3 rings (SSSR count). The summed E-state index contributed by atoms with van der Waals surface area (Å²) in [5.74, 6) is -0.348. The molecule has 3 N–H and O–H groups in total. The highest BCUT2D eigenvalue weighted by atomic mass is 35.5. The SMILES string of the molecule is CC(Cn1ccc(-c2cc(Cl)c(C#N)c(Cl)c2)n1)NC(=O)c1cc([C@H](C)O)[nH]n1. The molecule has 0 bridgehead atoms. The molecule has 0 spiro atoms. The van der Waals surface area contributed by atoms with E-state index in [2.05, 4.69) is 20.6 Å². The minimum Gasteiger partial charge on any atom is -0.387 e. The number of H-pyrrole nitrogens is 1. The lowest BCUT2D eigenvalue weighted by Crippen LogP contribution is -2.36. The quantitative estimate of drug-likeness (QED) is 0.551. The molecular weight excluding hydrogens is 415 g/mol. The van der Waals surface area contributed by atoms with E-state index in [1.807, 2.05) is 13.0 Å². The fraction of sp³-hybridized carbons (Fsp3) is 0.263. The number of nitrogens with one attached hydrogen (secondary N) is 2. The van der Waals surface area contributed by atoms with Crippen molar-refractivity contribution in [3.8, 4) is 17.3 Å². The molecule has 0 fully saturated rings. The first-order chi connectivity index (χ1) is 13.8. The van der Waals surface area contributed by atoms with Gasteiger partial charge in [0.2, 0.25) is 0 Å². The lowest BCUT2D eigenvalue weighted by Gasteiger charge is -2.13. The summed E-state index contributed by atoms with van der Waals surface area (Å²) in [6.45, 7) is 3.86. The van der Waals surface area contributed by atoms with Crippen molar-refractivity contribution in [2.75, 3.05) is 0 Å². The molecule has 150 valence electrons. The second-order valence-electron chi connectivity index (χ2n) is 6.61. The lowest BCUT2D eigenvalue weighted by atomic mass is 10.1. The predicted octanol–water partition coefficient (Wildman–Crippen LogP) is 3.32. The van der Waals surface area contributed by atoms with E-state index in [9.17, 15) is 9.90 Å². The van der Waals surface area contributed by atoms with Gasteiger partial charge in [-0.15, -0.1) is 0 Å². The van der Waals surface area contributed by atoms with Gasteiger partial charge in [0.15, 0.2) is 0 Å². The third-order valence-electron chi connectivity index (χ3n) is 4.21. The number of hydrogen-bond acceptors (Lipinski definition) is 5. The Kier molecular flexibility index (Phi) is 6.23. The van der Waals surface area contributed by atoms with E-state index in [0.29, 0.717) is 23.5 Å². The van der Waals surface area contributed by atoms with E-state index in [1.165, 1.54) is 6.07 Å². The van der Waals surface area contributed by atoms with Crippen LogP contribution < -0.4 is 5.32 Å². The van der Waals surface area contributed by atoms with Gasteiger partial charge in [-0.3, -0.25) is 14.6 Å². The largest absolute Gasteiger partial charge is 0.387 e. The van der Waals surface area contributed by atoms with Gasteiger partial charge in [-0.25, -0.2) is 0 Å². The van der Waals surface area contributed by atoms with Gasteiger partial charge in [0.05, 0.1) is 39.6 Å². The summed E-state index contributed by atoms with van der Waals surface area (Å²) in [4.78, 5) is 12.3. The molecule has 3 aromatic rings. The van der Waals surface area contributed by atoms with Gasteiger partial charge in [-0.2, -0.15) is 15.5 Å². The van der Waals surface area contributed by atoms with E-state index in [4.69, 9.17) is 28.5 Å². The number of amides is 1. The number of nitrogens with zero attached hydrogens (tertiary/aromatic N) is 4. The van der Waals surface area contributed by atoms with Crippen molar-refractivity contribution in [1.29, 1.82) is 5.26 Å². The summed E-state index contributed by atoms with van der Waals surface area (Å²) in [6, 6.07) is 8.32. The highest BCUT2D eigenvalue weighted by Crippen LogP contribution is 2.30. The van der Waals surface area contributed by atoms with Crippen LogP contribution in [0.3, 0.4) is 0 Å². The topological polar surface area (TPSA) is 120 Å². The monoisotopic (exact) mass is 432 g/mol. The highest BCUT2D eigenvalue weighted by Gasteiger charge is 2.16. The normalized spacial score (nSPS) is 13.0. The van der Waals surface area contributed by atoms with Crippen molar-refractivity contribution in [2.24, 2.45) is 0 Å². The number of hydrogen-bond donors (Lipinski definition) is 3. The Hall–Kier alpha value is -2.86. The van der Waals surface area contributed by atoms with Gasteiger partial charge in [0.1, 0.15) is 11.8 Å². The summed E-state index contributed by atoms with van der Waals surface area (Å²) in [6.07, 6.45) is 1.05. The number of carbonyl (C=O) groups excluding carboxylic acids is 1. The lowest BCUT2D eigenvalue weighted by molar-refractivity contribution is 0.0931. The van der Waals surface area contributed by atoms with Gasteiger partial charge in [-0.1, -0.05) is 23.2 Å². The summed E-state index contributed by atoms with van der Waals surface area (Å²) in [5.41, 5.74) is 2.24. The maximum absolute atomic E-state index is 12.3. The van der Waals surface area contributed by atoms with Crippen LogP contribution in [0.15, 0.2) is 30.5 Å². The number of aliphatic hydroxyl groups is 1. The molecule has 1 unspecified atom stereocenters. The fourth-order valence-electron chi connectivity index (χ4n) is 2.74. The van der Waals surface area contributed by atoms with Gasteiger partial charge in [0, 0.05) is 17.8 Å². The first-order valence-corrected chi connectivity index (χ1v) is 9.51. The molecule has 10 heteroatoms. The zero-order valence-electron chi connectivity index (χ0n) is 15.6. The zero-order valence-corrected chi connectivity index (χ0v) is 17.2. The van der Waals surface area contributed by atoms with Gasteiger partial charge in [-0.05, 0) is 38.1 Å². The Morgan fingerprint density at radius 1 is 1.34 bits per heavy atom. The Morgan fingerprint density at radius 3 is 2.62 bits per heavy atom. The van der Waals surface area contributed by atoms with E-state index in [0.717, 1.165) is 0 Å². The van der Waals surface area contributed by atoms with Crippen LogP contribution in [0, 0.1) is 11.3 Å². The third kappa shape index (κ3) is 4.77. The van der Waals surface area contributed by atoms with Crippen molar-refractivity contribution in [3.05, 3.63) is 57.5 Å². The summed E-state index contributed by atoms with van der Waals surface area (Å²) in [7, 11) is 0. The number of aromatic nitrogens is 4. The number of aliphatic hydroxyl groups excluding tert-OH is 1. The van der Waals surface area contributed by atoms with Crippen molar-refractivity contribution in [2.45, 2.75) is 32.5 Å². The van der Waals surface area contributed by atoms with Crippen LogP contribution in [-0.4, -0.2) is 37.0 Å². The van der Waals surface area contributed by atoms with E-state index < -0.39 is 6.10 Å². The fourth-order valence-corrected chi connectivity index (χ4v) is 3.31. The van der Waals surface area contributed by atoms with E-state index >= 15 is 0 Å². The van der Waals surface area contributed by atoms with E-state index in [-0.39, 0.29) is 33.3 Å². The summed E-state index contributed by atoms with van der Waals surface area (Å²) in [5, 5.41) is 32.9. The Labute approximate surface area is 177 Å². The van der Waals surface area contributed by atoms with Crippen molar-refractivity contribution in [3.63, 3.8) is 0 Å². The Bertz CT molecular complexity index is 1060. The molecule has 0 saturated heterocycles. The van der Waals surface area contributed by atoms with Gasteiger partial charge >= 0.3 is 0 Å². The molecule has 2 aromatic heterocycles. The highest BCUT2D eigenvalue weighted by molar-refractivity contribution is 6.37. The average molecular weight is 433 g/mol. The Morgan fingerprint density at radius 2 is 2.03 bits per heavy atom. The molecule has 0 aliphatic heterocycles. The summed E-state index contributed by atoms with van der Waals surface area (Å²) >= 11 is 12.2. The van der Waals surface area contributed by atoms with Crippen molar-refractivity contribution < 1.29 is 9.90 Å². The van der Waals surface area contributed by atoms with Crippen LogP contribution in [0.25, 0.3) is 11.3 Å². The van der Waals surface area contributed by atoms with Crippen molar-refractivity contribution >= 4 is 29.1 Å². The van der Waals surface area contributed by atoms with E-state index in [1.54, 1.807) is 36.0 Å². The molecule has 1 aromatic carbocycles. The molecule has 0 saturated carbocycles. The molecule has 0 radical (unpaired) electrons. The summed E-state index contributed by atoms with van der Waals surface area (Å²) < 4.78 is 1.69. The standard InChI is InChI=1S/C19H18Cl2N6O2/c1-10(23-19(29)18-7-17(11(2)28)24-25-18)9-27-4-3-16(26-27)12-5-14(20)13(8-22)15(21)6-12/h3-7,10-11,28H,9H2,1-2H3,(H,23,29)(H,24,25)/t10?,11-/m0/s1. The van der Waals surface area contributed by atoms with Crippen LogP contribution in [0.1, 0.15) is 41.7 Å². The number of benzene rings is 1. The maximum Gasteiger partial charge on any atom is 0.272 e.